The van der Waals surface area contributed by atoms with E-state index in [1.165, 1.54) is 0 Å². The smallest absolute Gasteiger partial charge is 0.434 e. The van der Waals surface area contributed by atoms with Crippen LogP contribution in [0.5, 0.6) is 0 Å². The Bertz CT molecular complexity index is 266. The van der Waals surface area contributed by atoms with Crippen LogP contribution in [-0.2, 0) is 9.47 Å². The molecule has 9 heteroatoms. The molecule has 108 valence electrons. The normalized spacial score (nSPS) is 14.2. The first-order valence-electron chi connectivity index (χ1n) is 4.99. The van der Waals surface area contributed by atoms with Crippen molar-refractivity contribution < 1.29 is 40.6 Å². The topological polar surface area (TPSA) is 35.5 Å². The summed E-state index contributed by atoms with van der Waals surface area (Å²) in [6.07, 6.45) is -10.6. The summed E-state index contributed by atoms with van der Waals surface area (Å²) in [6, 6.07) is 0. The Balaban J connectivity index is 4.14. The molecule has 3 nitrogen and oxygen atoms in total. The van der Waals surface area contributed by atoms with Crippen molar-refractivity contribution in [3.8, 4) is 0 Å². The van der Waals surface area contributed by atoms with Crippen LogP contribution in [0.1, 0.15) is 19.8 Å². The quantitative estimate of drug-likeness (QED) is 0.425. The highest BCUT2D eigenvalue weighted by molar-refractivity contribution is 5.59. The Morgan fingerprint density at radius 2 is 1.72 bits per heavy atom. The molecule has 0 aliphatic carbocycles. The molecule has 0 aliphatic rings. The minimum atomic E-state index is -5.72. The average molecular weight is 282 g/mol. The van der Waals surface area contributed by atoms with E-state index >= 15 is 0 Å². The highest BCUT2D eigenvalue weighted by Crippen LogP contribution is 2.35. The molecule has 0 bridgehead atoms. The largest absolute Gasteiger partial charge is 0.508 e. The van der Waals surface area contributed by atoms with Gasteiger partial charge in [0.15, 0.2) is 6.61 Å². The zero-order chi connectivity index (χ0) is 14.4. The molecule has 0 saturated carbocycles. The number of rotatable bonds is 6. The lowest BCUT2D eigenvalue weighted by molar-refractivity contribution is -0.252. The number of ether oxygens (including phenoxy) is 2. The second-order valence-electron chi connectivity index (χ2n) is 3.41. The Hall–Kier alpha value is -1.15. The Kier molecular flexibility index (Phi) is 6.27. The van der Waals surface area contributed by atoms with E-state index in [4.69, 9.17) is 0 Å². The molecule has 0 rings (SSSR count). The van der Waals surface area contributed by atoms with Crippen LogP contribution < -0.4 is 0 Å². The van der Waals surface area contributed by atoms with Crippen LogP contribution in [0.3, 0.4) is 0 Å². The van der Waals surface area contributed by atoms with Crippen LogP contribution >= 0.6 is 0 Å². The molecule has 0 amide bonds. The van der Waals surface area contributed by atoms with Gasteiger partial charge in [-0.1, -0.05) is 13.3 Å². The lowest BCUT2D eigenvalue weighted by Gasteiger charge is -2.21. The van der Waals surface area contributed by atoms with Crippen LogP contribution in [0.15, 0.2) is 0 Å². The van der Waals surface area contributed by atoms with Crippen molar-refractivity contribution in [3.05, 3.63) is 0 Å². The Morgan fingerprint density at radius 3 is 2.17 bits per heavy atom. The van der Waals surface area contributed by atoms with Crippen LogP contribution in [0, 0.1) is 0 Å². The van der Waals surface area contributed by atoms with E-state index < -0.39 is 31.0 Å². The van der Waals surface area contributed by atoms with Gasteiger partial charge in [0.25, 0.3) is 6.17 Å². The van der Waals surface area contributed by atoms with E-state index in [0.717, 1.165) is 0 Å². The molecule has 0 aromatic carbocycles. The zero-order valence-electron chi connectivity index (χ0n) is 9.40. The fourth-order valence-corrected chi connectivity index (χ4v) is 0.809. The van der Waals surface area contributed by atoms with Gasteiger partial charge in [0.1, 0.15) is 0 Å². The summed E-state index contributed by atoms with van der Waals surface area (Å²) >= 11 is 0. The van der Waals surface area contributed by atoms with Crippen LogP contribution in [0.4, 0.5) is 31.1 Å². The predicted molar refractivity (Wildman–Crippen MR) is 48.1 cm³/mol. The Morgan fingerprint density at radius 1 is 1.17 bits per heavy atom. The first-order chi connectivity index (χ1) is 8.11. The van der Waals surface area contributed by atoms with Crippen molar-refractivity contribution in [2.45, 2.75) is 38.0 Å². The third-order valence-corrected chi connectivity index (χ3v) is 1.76. The number of halogens is 6. The lowest BCUT2D eigenvalue weighted by atomic mass is 10.2. The molecule has 0 spiro atoms. The number of unbranched alkanes of at least 4 members (excludes halogenated alkanes) is 1. The maximum atomic E-state index is 12.6. The summed E-state index contributed by atoms with van der Waals surface area (Å²) in [5.41, 5.74) is 0. The maximum absolute atomic E-state index is 12.6. The molecular formula is C9H12F6O3. The minimum absolute atomic E-state index is 0.112. The first-order valence-corrected chi connectivity index (χ1v) is 4.99. The van der Waals surface area contributed by atoms with Gasteiger partial charge >= 0.3 is 18.3 Å². The van der Waals surface area contributed by atoms with Crippen molar-refractivity contribution in [1.29, 1.82) is 0 Å². The van der Waals surface area contributed by atoms with Crippen LogP contribution in [0.2, 0.25) is 0 Å². The SMILES string of the molecule is CCCCOC(=O)OCC(F)(F)[C@@H](F)C(F)(F)F. The van der Waals surface area contributed by atoms with E-state index in [-0.39, 0.29) is 6.61 Å². The Labute approximate surface area is 99.0 Å². The van der Waals surface area contributed by atoms with Crippen molar-refractivity contribution in [1.82, 2.24) is 0 Å². The van der Waals surface area contributed by atoms with Gasteiger partial charge in [-0.2, -0.15) is 22.0 Å². The number of alkyl halides is 6. The van der Waals surface area contributed by atoms with Crippen molar-refractivity contribution in [3.63, 3.8) is 0 Å². The molecule has 0 aromatic heterocycles. The average Bonchev–Trinajstić information content (AvgIpc) is 2.24. The summed E-state index contributed by atoms with van der Waals surface area (Å²) < 4.78 is 80.6. The minimum Gasteiger partial charge on any atom is -0.434 e. The molecule has 1 atom stereocenters. The molecule has 0 N–H and O–H groups in total. The van der Waals surface area contributed by atoms with E-state index in [1.807, 2.05) is 0 Å². The summed E-state index contributed by atoms with van der Waals surface area (Å²) in [6.45, 7) is -0.377. The van der Waals surface area contributed by atoms with Crippen molar-refractivity contribution in [2.24, 2.45) is 0 Å². The molecular weight excluding hydrogens is 270 g/mol. The second-order valence-corrected chi connectivity index (χ2v) is 3.41. The van der Waals surface area contributed by atoms with Gasteiger partial charge in [-0.25, -0.2) is 9.18 Å². The van der Waals surface area contributed by atoms with Gasteiger partial charge in [-0.15, -0.1) is 0 Å². The summed E-state index contributed by atoms with van der Waals surface area (Å²) in [7, 11) is 0. The summed E-state index contributed by atoms with van der Waals surface area (Å²) in [4.78, 5) is 10.7. The molecule has 0 aliphatic heterocycles. The summed E-state index contributed by atoms with van der Waals surface area (Å²) in [5, 5.41) is 0. The van der Waals surface area contributed by atoms with Gasteiger partial charge < -0.3 is 9.47 Å². The molecule has 0 radical (unpaired) electrons. The monoisotopic (exact) mass is 282 g/mol. The van der Waals surface area contributed by atoms with Crippen molar-refractivity contribution >= 4 is 6.16 Å². The van der Waals surface area contributed by atoms with Crippen LogP contribution in [-0.4, -0.2) is 37.6 Å². The number of carbonyl (C=O) groups excluding carboxylic acids is 1. The standard InChI is InChI=1S/C9H12F6O3/c1-2-3-4-17-7(16)18-5-8(11,12)6(10)9(13,14)15/h6H,2-5H2,1H3/t6-/m1/s1. The highest BCUT2D eigenvalue weighted by atomic mass is 19.4. The van der Waals surface area contributed by atoms with Gasteiger partial charge in [-0.3, -0.25) is 0 Å². The fraction of sp³-hybridized carbons (Fsp3) is 0.889. The molecule has 0 unspecified atom stereocenters. The van der Waals surface area contributed by atoms with Crippen molar-refractivity contribution in [2.75, 3.05) is 13.2 Å². The first kappa shape index (κ1) is 16.9. The fourth-order valence-electron chi connectivity index (χ4n) is 0.809. The molecule has 18 heavy (non-hydrogen) atoms. The molecule has 0 aromatic rings. The molecule has 0 saturated heterocycles. The van der Waals surface area contributed by atoms with E-state index in [2.05, 4.69) is 9.47 Å². The third kappa shape index (κ3) is 5.97. The highest BCUT2D eigenvalue weighted by Gasteiger charge is 2.57. The van der Waals surface area contributed by atoms with Gasteiger partial charge in [-0.05, 0) is 6.42 Å². The number of hydrogen-bond acceptors (Lipinski definition) is 3. The van der Waals surface area contributed by atoms with Gasteiger partial charge in [0.2, 0.25) is 0 Å². The maximum Gasteiger partial charge on any atom is 0.508 e. The summed E-state index contributed by atoms with van der Waals surface area (Å²) in [5.74, 6) is -4.85. The van der Waals surface area contributed by atoms with Crippen LogP contribution in [0.25, 0.3) is 0 Å². The number of carbonyl (C=O) groups is 1. The zero-order valence-corrected chi connectivity index (χ0v) is 9.40. The van der Waals surface area contributed by atoms with Gasteiger partial charge in [0.05, 0.1) is 6.61 Å². The van der Waals surface area contributed by atoms with Gasteiger partial charge in [0, 0.05) is 0 Å². The third-order valence-electron chi connectivity index (χ3n) is 1.76. The molecule has 0 fully saturated rings. The molecule has 0 heterocycles. The lowest BCUT2D eigenvalue weighted by Crippen LogP contribution is -2.45. The number of hydrogen-bond donors (Lipinski definition) is 0. The predicted octanol–water partition coefficient (Wildman–Crippen LogP) is 3.48. The second kappa shape index (κ2) is 6.69. The van der Waals surface area contributed by atoms with E-state index in [9.17, 15) is 31.1 Å². The van der Waals surface area contributed by atoms with E-state index in [0.29, 0.717) is 12.8 Å². The van der Waals surface area contributed by atoms with E-state index in [1.54, 1.807) is 6.92 Å².